The van der Waals surface area contributed by atoms with E-state index in [1.807, 2.05) is 32.9 Å². The van der Waals surface area contributed by atoms with E-state index in [1.165, 1.54) is 0 Å². The molecule has 0 spiro atoms. The van der Waals surface area contributed by atoms with Crippen molar-refractivity contribution in [1.82, 2.24) is 15.1 Å². The summed E-state index contributed by atoms with van der Waals surface area (Å²) in [6.07, 6.45) is 0. The lowest BCUT2D eigenvalue weighted by Gasteiger charge is -2.36. The molecule has 0 saturated carbocycles. The summed E-state index contributed by atoms with van der Waals surface area (Å²) in [5.41, 5.74) is 2.46. The van der Waals surface area contributed by atoms with Gasteiger partial charge in [-0.25, -0.2) is 0 Å². The van der Waals surface area contributed by atoms with Crippen molar-refractivity contribution in [1.29, 1.82) is 0 Å². The van der Waals surface area contributed by atoms with Crippen molar-refractivity contribution in [3.8, 4) is 17.0 Å². The zero-order chi connectivity index (χ0) is 21.0. The minimum absolute atomic E-state index is 0.172. The molecule has 1 saturated heterocycles. The van der Waals surface area contributed by atoms with Crippen molar-refractivity contribution in [2.45, 2.75) is 26.4 Å². The predicted molar refractivity (Wildman–Crippen MR) is 114 cm³/mol. The summed E-state index contributed by atoms with van der Waals surface area (Å²) in [6, 6.07) is 9.95. The van der Waals surface area contributed by atoms with Gasteiger partial charge in [-0.15, -0.1) is 10.2 Å². The smallest absolute Gasteiger partial charge is 0.320 e. The van der Waals surface area contributed by atoms with Crippen LogP contribution in [0.5, 0.6) is 5.88 Å². The van der Waals surface area contributed by atoms with Crippen LogP contribution in [0.15, 0.2) is 30.3 Å². The number of aromatic nitrogens is 2. The Morgan fingerprint density at radius 3 is 2.34 bits per heavy atom. The number of methoxy groups -OCH3 is 1. The quantitative estimate of drug-likeness (QED) is 0.690. The standard InChI is InChI=1S/C21H27ClN4O3/c1-21(2,3)29-19(27)14-25-9-11-26(12-10-25)16-7-5-15(6-8-16)17-13-18(22)23-24-20(17)28-4/h5-8,13H,9-12,14H2,1-4H3. The van der Waals surface area contributed by atoms with Crippen molar-refractivity contribution >= 4 is 23.3 Å². The van der Waals surface area contributed by atoms with Crippen molar-refractivity contribution in [3.05, 3.63) is 35.5 Å². The third-order valence-electron chi connectivity index (χ3n) is 4.61. The SMILES string of the molecule is COc1nnc(Cl)cc1-c1ccc(N2CCN(CC(=O)OC(C)(C)C)CC2)cc1. The Balaban J connectivity index is 1.60. The second kappa shape index (κ2) is 8.97. The van der Waals surface area contributed by atoms with Gasteiger partial charge in [0, 0.05) is 37.4 Å². The summed E-state index contributed by atoms with van der Waals surface area (Å²) in [7, 11) is 1.56. The molecule has 3 rings (SSSR count). The molecule has 1 aromatic heterocycles. The van der Waals surface area contributed by atoms with Crippen LogP contribution in [0, 0.1) is 0 Å². The van der Waals surface area contributed by atoms with E-state index in [2.05, 4.69) is 32.1 Å². The molecule has 1 fully saturated rings. The molecule has 1 aromatic carbocycles. The first kappa shape index (κ1) is 21.3. The number of carbonyl (C=O) groups excluding carboxylic acids is 1. The van der Waals surface area contributed by atoms with E-state index >= 15 is 0 Å². The van der Waals surface area contributed by atoms with Crippen LogP contribution in [-0.4, -0.2) is 66.5 Å². The van der Waals surface area contributed by atoms with Crippen LogP contribution in [0.3, 0.4) is 0 Å². The van der Waals surface area contributed by atoms with E-state index in [0.29, 0.717) is 17.6 Å². The van der Waals surface area contributed by atoms with Gasteiger partial charge in [0.25, 0.3) is 0 Å². The molecule has 0 atom stereocenters. The molecule has 1 aliphatic heterocycles. The molecular formula is C21H27ClN4O3. The molecule has 156 valence electrons. The van der Waals surface area contributed by atoms with Crippen molar-refractivity contribution in [3.63, 3.8) is 0 Å². The van der Waals surface area contributed by atoms with Crippen LogP contribution >= 0.6 is 11.6 Å². The Kier molecular flexibility index (Phi) is 6.59. The molecule has 0 radical (unpaired) electrons. The Hall–Kier alpha value is -2.38. The predicted octanol–water partition coefficient (Wildman–Crippen LogP) is 3.27. The molecule has 0 N–H and O–H groups in total. The zero-order valence-electron chi connectivity index (χ0n) is 17.3. The number of piperazine rings is 1. The summed E-state index contributed by atoms with van der Waals surface area (Å²) in [6.45, 7) is 9.34. The van der Waals surface area contributed by atoms with Crippen LogP contribution in [0.25, 0.3) is 11.1 Å². The second-order valence-corrected chi connectivity index (χ2v) is 8.37. The molecule has 7 nitrogen and oxygen atoms in total. The Morgan fingerprint density at radius 1 is 1.10 bits per heavy atom. The fourth-order valence-corrected chi connectivity index (χ4v) is 3.43. The van der Waals surface area contributed by atoms with E-state index in [9.17, 15) is 4.79 Å². The average molecular weight is 419 g/mol. The first-order valence-corrected chi connectivity index (χ1v) is 10.00. The average Bonchev–Trinajstić information content (AvgIpc) is 2.67. The summed E-state index contributed by atoms with van der Waals surface area (Å²) in [5, 5.41) is 8.13. The van der Waals surface area contributed by atoms with E-state index in [0.717, 1.165) is 43.0 Å². The van der Waals surface area contributed by atoms with E-state index in [1.54, 1.807) is 13.2 Å². The molecule has 8 heteroatoms. The number of benzene rings is 1. The highest BCUT2D eigenvalue weighted by atomic mass is 35.5. The minimum atomic E-state index is -0.447. The van der Waals surface area contributed by atoms with Gasteiger partial charge in [-0.1, -0.05) is 23.7 Å². The number of esters is 1. The van der Waals surface area contributed by atoms with Gasteiger partial charge < -0.3 is 14.4 Å². The largest absolute Gasteiger partial charge is 0.479 e. The highest BCUT2D eigenvalue weighted by molar-refractivity contribution is 6.29. The lowest BCUT2D eigenvalue weighted by molar-refractivity contribution is -0.156. The number of hydrogen-bond acceptors (Lipinski definition) is 7. The number of ether oxygens (including phenoxy) is 2. The molecule has 29 heavy (non-hydrogen) atoms. The van der Waals surface area contributed by atoms with Gasteiger partial charge >= 0.3 is 5.97 Å². The lowest BCUT2D eigenvalue weighted by Crippen LogP contribution is -2.48. The molecule has 0 amide bonds. The summed E-state index contributed by atoms with van der Waals surface area (Å²) < 4.78 is 10.7. The summed E-state index contributed by atoms with van der Waals surface area (Å²) in [5.74, 6) is 0.270. The maximum absolute atomic E-state index is 12.0. The van der Waals surface area contributed by atoms with Crippen molar-refractivity contribution < 1.29 is 14.3 Å². The molecule has 0 bridgehead atoms. The summed E-state index contributed by atoms with van der Waals surface area (Å²) >= 11 is 5.99. The number of anilines is 1. The first-order chi connectivity index (χ1) is 13.7. The number of rotatable bonds is 5. The van der Waals surface area contributed by atoms with Crippen LogP contribution in [0.2, 0.25) is 5.15 Å². The Morgan fingerprint density at radius 2 is 1.76 bits per heavy atom. The number of hydrogen-bond donors (Lipinski definition) is 0. The van der Waals surface area contributed by atoms with Gasteiger partial charge in [-0.2, -0.15) is 0 Å². The van der Waals surface area contributed by atoms with E-state index in [-0.39, 0.29) is 5.97 Å². The van der Waals surface area contributed by atoms with Gasteiger partial charge in [0.05, 0.1) is 13.7 Å². The number of carbonyl (C=O) groups is 1. The Labute approximate surface area is 176 Å². The third kappa shape index (κ3) is 5.81. The van der Waals surface area contributed by atoms with Crippen LogP contribution in [0.4, 0.5) is 5.69 Å². The molecule has 0 unspecified atom stereocenters. The van der Waals surface area contributed by atoms with Crippen molar-refractivity contribution in [2.24, 2.45) is 0 Å². The van der Waals surface area contributed by atoms with Crippen LogP contribution in [0.1, 0.15) is 20.8 Å². The summed E-state index contributed by atoms with van der Waals surface area (Å²) in [4.78, 5) is 16.5. The maximum Gasteiger partial charge on any atom is 0.320 e. The maximum atomic E-state index is 12.0. The van der Waals surface area contributed by atoms with E-state index in [4.69, 9.17) is 21.1 Å². The molecular weight excluding hydrogens is 392 g/mol. The zero-order valence-corrected chi connectivity index (χ0v) is 18.1. The van der Waals surface area contributed by atoms with Gasteiger partial charge in [-0.05, 0) is 44.5 Å². The highest BCUT2D eigenvalue weighted by Crippen LogP contribution is 2.30. The Bertz CT molecular complexity index is 844. The van der Waals surface area contributed by atoms with Crippen LogP contribution < -0.4 is 9.64 Å². The number of halogens is 1. The monoisotopic (exact) mass is 418 g/mol. The van der Waals surface area contributed by atoms with Gasteiger partial charge in [0.15, 0.2) is 5.15 Å². The molecule has 1 aliphatic rings. The fourth-order valence-electron chi connectivity index (χ4n) is 3.29. The molecule has 2 heterocycles. The molecule has 2 aromatic rings. The van der Waals surface area contributed by atoms with Gasteiger partial charge in [-0.3, -0.25) is 9.69 Å². The van der Waals surface area contributed by atoms with Gasteiger partial charge in [0.1, 0.15) is 5.60 Å². The minimum Gasteiger partial charge on any atom is -0.479 e. The van der Waals surface area contributed by atoms with Crippen molar-refractivity contribution in [2.75, 3.05) is 44.7 Å². The van der Waals surface area contributed by atoms with E-state index < -0.39 is 5.60 Å². The van der Waals surface area contributed by atoms with Crippen LogP contribution in [-0.2, 0) is 9.53 Å². The molecule has 0 aliphatic carbocycles. The topological polar surface area (TPSA) is 67.8 Å². The number of nitrogens with zero attached hydrogens (tertiary/aromatic N) is 4. The third-order valence-corrected chi connectivity index (χ3v) is 4.80. The highest BCUT2D eigenvalue weighted by Gasteiger charge is 2.22. The van der Waals surface area contributed by atoms with Gasteiger partial charge in [0.2, 0.25) is 5.88 Å². The lowest BCUT2D eigenvalue weighted by atomic mass is 10.1. The first-order valence-electron chi connectivity index (χ1n) is 9.62. The second-order valence-electron chi connectivity index (χ2n) is 7.99. The normalized spacial score (nSPS) is 15.3. The fraction of sp³-hybridized carbons (Fsp3) is 0.476.